The number of hydrogen-bond acceptors (Lipinski definition) is 4. The Morgan fingerprint density at radius 1 is 1.55 bits per heavy atom. The van der Waals surface area contributed by atoms with Crippen LogP contribution in [0.5, 0.6) is 0 Å². The van der Waals surface area contributed by atoms with Crippen molar-refractivity contribution in [2.75, 3.05) is 19.2 Å². The molecule has 1 aromatic rings. The lowest BCUT2D eigenvalue weighted by Gasteiger charge is -1.99. The van der Waals surface area contributed by atoms with Gasteiger partial charge in [-0.2, -0.15) is 0 Å². The zero-order valence-corrected chi connectivity index (χ0v) is 6.97. The lowest BCUT2D eigenvalue weighted by Crippen LogP contribution is -2.04. The van der Waals surface area contributed by atoms with Crippen LogP contribution in [0.15, 0.2) is 4.52 Å². The highest BCUT2D eigenvalue weighted by molar-refractivity contribution is 5.43. The lowest BCUT2D eigenvalue weighted by molar-refractivity contribution is 0.220. The summed E-state index contributed by atoms with van der Waals surface area (Å²) in [5.74, 6) is 1.59. The van der Waals surface area contributed by atoms with Gasteiger partial charge < -0.3 is 14.6 Å². The van der Waals surface area contributed by atoms with Gasteiger partial charge in [0.05, 0.1) is 0 Å². The third-order valence-corrected chi connectivity index (χ3v) is 1.54. The van der Waals surface area contributed by atoms with Crippen molar-refractivity contribution in [3.8, 4) is 0 Å². The maximum absolute atomic E-state index is 4.92. The first kappa shape index (κ1) is 8.07. The van der Waals surface area contributed by atoms with Crippen molar-refractivity contribution >= 4 is 5.82 Å². The Morgan fingerprint density at radius 3 is 2.73 bits per heavy atom. The molecule has 4 nitrogen and oxygen atoms in total. The maximum Gasteiger partial charge on any atom is 0.174 e. The minimum Gasteiger partial charge on any atom is -0.365 e. The highest BCUT2D eigenvalue weighted by Gasteiger charge is 2.05. The van der Waals surface area contributed by atoms with E-state index in [0.717, 1.165) is 17.1 Å². The summed E-state index contributed by atoms with van der Waals surface area (Å²) in [5.41, 5.74) is 1.03. The maximum atomic E-state index is 4.92. The molecule has 0 unspecified atom stereocenters. The van der Waals surface area contributed by atoms with Gasteiger partial charge in [0.1, 0.15) is 12.5 Å². The molecule has 0 spiro atoms. The average Bonchev–Trinajstić information content (AvgIpc) is 2.31. The van der Waals surface area contributed by atoms with E-state index < -0.39 is 0 Å². The van der Waals surface area contributed by atoms with Gasteiger partial charge in [-0.25, -0.2) is 0 Å². The number of anilines is 1. The van der Waals surface area contributed by atoms with Crippen LogP contribution < -0.4 is 5.32 Å². The first-order valence-corrected chi connectivity index (χ1v) is 3.41. The number of nitrogens with zero attached hydrogens (tertiary/aromatic N) is 1. The first-order chi connectivity index (χ1) is 5.25. The zero-order chi connectivity index (χ0) is 8.27. The number of aryl methyl sites for hydroxylation is 1. The fourth-order valence-corrected chi connectivity index (χ4v) is 0.723. The average molecular weight is 156 g/mol. The van der Waals surface area contributed by atoms with Crippen LogP contribution in [-0.4, -0.2) is 19.0 Å². The molecule has 0 aliphatic rings. The van der Waals surface area contributed by atoms with Gasteiger partial charge in [0, 0.05) is 12.7 Å². The Morgan fingerprint density at radius 2 is 2.27 bits per heavy atom. The topological polar surface area (TPSA) is 47.3 Å². The van der Waals surface area contributed by atoms with Crippen LogP contribution in [0.2, 0.25) is 0 Å². The molecule has 1 aromatic heterocycles. The molecule has 1 rings (SSSR count). The van der Waals surface area contributed by atoms with E-state index >= 15 is 0 Å². The summed E-state index contributed by atoms with van der Waals surface area (Å²) in [5, 5.41) is 6.74. The number of ether oxygens (including phenoxy) is 1. The van der Waals surface area contributed by atoms with E-state index in [9.17, 15) is 0 Å². The summed E-state index contributed by atoms with van der Waals surface area (Å²) in [6, 6.07) is 0. The fourth-order valence-electron chi connectivity index (χ4n) is 0.723. The normalized spacial score (nSPS) is 10.1. The SMILES string of the molecule is COCNc1noc(C)c1C. The second-order valence-corrected chi connectivity index (χ2v) is 2.32. The number of aromatic nitrogens is 1. The summed E-state index contributed by atoms with van der Waals surface area (Å²) < 4.78 is 9.74. The van der Waals surface area contributed by atoms with E-state index in [1.807, 2.05) is 13.8 Å². The van der Waals surface area contributed by atoms with E-state index in [0.29, 0.717) is 6.73 Å². The molecule has 11 heavy (non-hydrogen) atoms. The number of methoxy groups -OCH3 is 1. The highest BCUT2D eigenvalue weighted by Crippen LogP contribution is 2.15. The predicted molar refractivity (Wildman–Crippen MR) is 41.5 cm³/mol. The van der Waals surface area contributed by atoms with Gasteiger partial charge in [-0.1, -0.05) is 5.16 Å². The Hall–Kier alpha value is -1.03. The van der Waals surface area contributed by atoms with Crippen LogP contribution in [0.1, 0.15) is 11.3 Å². The molecule has 0 aliphatic carbocycles. The van der Waals surface area contributed by atoms with Gasteiger partial charge in [0.25, 0.3) is 0 Å². The van der Waals surface area contributed by atoms with Crippen molar-refractivity contribution in [3.63, 3.8) is 0 Å². The number of nitrogens with one attached hydrogen (secondary N) is 1. The quantitative estimate of drug-likeness (QED) is 0.670. The first-order valence-electron chi connectivity index (χ1n) is 3.41. The Labute approximate surface area is 65.5 Å². The van der Waals surface area contributed by atoms with Gasteiger partial charge in [-0.05, 0) is 13.8 Å². The van der Waals surface area contributed by atoms with Crippen LogP contribution in [0.25, 0.3) is 0 Å². The van der Waals surface area contributed by atoms with E-state index in [2.05, 4.69) is 10.5 Å². The van der Waals surface area contributed by atoms with E-state index in [1.54, 1.807) is 7.11 Å². The third-order valence-electron chi connectivity index (χ3n) is 1.54. The van der Waals surface area contributed by atoms with Crippen LogP contribution in [0.4, 0.5) is 5.82 Å². The standard InChI is InChI=1S/C7H12N2O2/c1-5-6(2)11-9-7(5)8-4-10-3/h4H2,1-3H3,(H,8,9). The highest BCUT2D eigenvalue weighted by atomic mass is 16.5. The monoisotopic (exact) mass is 156 g/mol. The molecule has 0 amide bonds. The van der Waals surface area contributed by atoms with E-state index in [1.165, 1.54) is 0 Å². The lowest BCUT2D eigenvalue weighted by atomic mass is 10.3. The molecule has 0 radical (unpaired) electrons. The minimum absolute atomic E-state index is 0.451. The van der Waals surface area contributed by atoms with Crippen LogP contribution in [0, 0.1) is 13.8 Å². The molecule has 0 fully saturated rings. The van der Waals surface area contributed by atoms with Crippen molar-refractivity contribution in [2.45, 2.75) is 13.8 Å². The molecule has 0 bridgehead atoms. The predicted octanol–water partition coefficient (Wildman–Crippen LogP) is 1.31. The molecule has 0 aliphatic heterocycles. The van der Waals surface area contributed by atoms with Gasteiger partial charge in [0.2, 0.25) is 0 Å². The van der Waals surface area contributed by atoms with Crippen molar-refractivity contribution in [3.05, 3.63) is 11.3 Å². The summed E-state index contributed by atoms with van der Waals surface area (Å²) in [6.45, 7) is 4.27. The van der Waals surface area contributed by atoms with Gasteiger partial charge in [-0.3, -0.25) is 0 Å². The van der Waals surface area contributed by atoms with Crippen molar-refractivity contribution in [2.24, 2.45) is 0 Å². The molecule has 1 heterocycles. The summed E-state index contributed by atoms with van der Waals surface area (Å²) >= 11 is 0. The molecular formula is C7H12N2O2. The zero-order valence-electron chi connectivity index (χ0n) is 6.97. The number of hydrogen-bond donors (Lipinski definition) is 1. The van der Waals surface area contributed by atoms with Crippen molar-refractivity contribution in [1.29, 1.82) is 0 Å². The van der Waals surface area contributed by atoms with Gasteiger partial charge in [0.15, 0.2) is 5.82 Å². The van der Waals surface area contributed by atoms with E-state index in [-0.39, 0.29) is 0 Å². The molecular weight excluding hydrogens is 144 g/mol. The third kappa shape index (κ3) is 1.71. The molecule has 0 saturated carbocycles. The molecule has 62 valence electrons. The molecule has 0 saturated heterocycles. The Balaban J connectivity index is 2.63. The van der Waals surface area contributed by atoms with Crippen molar-refractivity contribution in [1.82, 2.24) is 5.16 Å². The number of rotatable bonds is 3. The molecule has 1 N–H and O–H groups in total. The Bertz CT molecular complexity index is 232. The second-order valence-electron chi connectivity index (χ2n) is 2.32. The summed E-state index contributed by atoms with van der Waals surface area (Å²) in [4.78, 5) is 0. The van der Waals surface area contributed by atoms with Crippen LogP contribution in [0.3, 0.4) is 0 Å². The van der Waals surface area contributed by atoms with Crippen molar-refractivity contribution < 1.29 is 9.26 Å². The summed E-state index contributed by atoms with van der Waals surface area (Å²) in [7, 11) is 1.62. The Kier molecular flexibility index (Phi) is 2.48. The smallest absolute Gasteiger partial charge is 0.174 e. The summed E-state index contributed by atoms with van der Waals surface area (Å²) in [6.07, 6.45) is 0. The minimum atomic E-state index is 0.451. The van der Waals surface area contributed by atoms with Crippen LogP contribution in [-0.2, 0) is 4.74 Å². The van der Waals surface area contributed by atoms with Crippen LogP contribution >= 0.6 is 0 Å². The fraction of sp³-hybridized carbons (Fsp3) is 0.571. The molecule has 4 heteroatoms. The molecule has 0 aromatic carbocycles. The van der Waals surface area contributed by atoms with Gasteiger partial charge >= 0.3 is 0 Å². The van der Waals surface area contributed by atoms with Gasteiger partial charge in [-0.15, -0.1) is 0 Å². The second kappa shape index (κ2) is 3.39. The molecule has 0 atom stereocenters. The van der Waals surface area contributed by atoms with E-state index in [4.69, 9.17) is 9.26 Å². The largest absolute Gasteiger partial charge is 0.365 e.